The van der Waals surface area contributed by atoms with Crippen molar-refractivity contribution in [3.05, 3.63) is 57.4 Å². The number of amides is 1. The molecule has 22 heavy (non-hydrogen) atoms. The van der Waals surface area contributed by atoms with Crippen molar-refractivity contribution in [1.82, 2.24) is 10.3 Å². The van der Waals surface area contributed by atoms with Gasteiger partial charge in [0.15, 0.2) is 0 Å². The number of fused-ring (bicyclic) bond motifs is 1. The van der Waals surface area contributed by atoms with E-state index < -0.39 is 6.10 Å². The van der Waals surface area contributed by atoms with E-state index in [1.807, 2.05) is 43.5 Å². The third kappa shape index (κ3) is 2.65. The summed E-state index contributed by atoms with van der Waals surface area (Å²) in [6.45, 7) is 4.24. The summed E-state index contributed by atoms with van der Waals surface area (Å²) < 4.78 is 0. The van der Waals surface area contributed by atoms with E-state index in [0.717, 1.165) is 27.0 Å². The molecule has 114 valence electrons. The highest BCUT2D eigenvalue weighted by molar-refractivity contribution is 7.10. The lowest BCUT2D eigenvalue weighted by atomic mass is 10.1. The van der Waals surface area contributed by atoms with Crippen LogP contribution in [0.1, 0.15) is 32.6 Å². The van der Waals surface area contributed by atoms with Gasteiger partial charge in [0.1, 0.15) is 6.10 Å². The lowest BCUT2D eigenvalue weighted by Crippen LogP contribution is -2.28. The summed E-state index contributed by atoms with van der Waals surface area (Å²) in [6.07, 6.45) is -0.671. The molecule has 0 saturated carbocycles. The Morgan fingerprint density at radius 3 is 2.86 bits per heavy atom. The summed E-state index contributed by atoms with van der Waals surface area (Å²) in [5, 5.41) is 15.8. The van der Waals surface area contributed by atoms with E-state index in [-0.39, 0.29) is 12.5 Å². The van der Waals surface area contributed by atoms with Crippen LogP contribution in [-0.4, -0.2) is 22.5 Å². The first-order valence-corrected chi connectivity index (χ1v) is 8.03. The van der Waals surface area contributed by atoms with Crippen LogP contribution < -0.4 is 5.32 Å². The zero-order valence-corrected chi connectivity index (χ0v) is 13.3. The SMILES string of the molecule is Cc1[nH]c2c(C(=O)NCC(O)c3cccs3)cccc2c1C. The molecule has 0 aliphatic rings. The third-order valence-electron chi connectivity index (χ3n) is 3.92. The average molecular weight is 314 g/mol. The topological polar surface area (TPSA) is 65.1 Å². The quantitative estimate of drug-likeness (QED) is 0.692. The fraction of sp³-hybridized carbons (Fsp3) is 0.235. The van der Waals surface area contributed by atoms with Gasteiger partial charge in [-0.1, -0.05) is 18.2 Å². The number of aliphatic hydroxyl groups is 1. The third-order valence-corrected chi connectivity index (χ3v) is 4.89. The Bertz CT molecular complexity index is 806. The van der Waals surface area contributed by atoms with E-state index in [4.69, 9.17) is 0 Å². The lowest BCUT2D eigenvalue weighted by Gasteiger charge is -2.10. The molecule has 0 radical (unpaired) electrons. The second-order valence-corrected chi connectivity index (χ2v) is 6.32. The Hall–Kier alpha value is -2.11. The molecule has 3 aromatic rings. The lowest BCUT2D eigenvalue weighted by molar-refractivity contribution is 0.0919. The molecule has 5 heteroatoms. The minimum Gasteiger partial charge on any atom is -0.386 e. The molecule has 0 aliphatic carbocycles. The summed E-state index contributed by atoms with van der Waals surface area (Å²) in [5.74, 6) is -0.178. The van der Waals surface area contributed by atoms with E-state index in [1.54, 1.807) is 6.07 Å². The summed E-state index contributed by atoms with van der Waals surface area (Å²) >= 11 is 1.48. The fourth-order valence-corrected chi connectivity index (χ4v) is 3.25. The molecule has 2 aromatic heterocycles. The number of nitrogens with one attached hydrogen (secondary N) is 2. The Balaban J connectivity index is 1.79. The number of carbonyl (C=O) groups excluding carboxylic acids is 1. The number of H-pyrrole nitrogens is 1. The first kappa shape index (κ1) is 14.8. The number of benzene rings is 1. The fourth-order valence-electron chi connectivity index (χ4n) is 2.54. The Kier molecular flexibility index (Phi) is 4.00. The van der Waals surface area contributed by atoms with Crippen LogP contribution in [0, 0.1) is 13.8 Å². The maximum Gasteiger partial charge on any atom is 0.253 e. The van der Waals surface area contributed by atoms with E-state index in [9.17, 15) is 9.90 Å². The highest BCUT2D eigenvalue weighted by Crippen LogP contribution is 2.24. The van der Waals surface area contributed by atoms with Crippen LogP contribution in [0.4, 0.5) is 0 Å². The van der Waals surface area contributed by atoms with Gasteiger partial charge in [-0.25, -0.2) is 0 Å². The van der Waals surface area contributed by atoms with Gasteiger partial charge in [0.25, 0.3) is 5.91 Å². The number of carbonyl (C=O) groups is 1. The van der Waals surface area contributed by atoms with Gasteiger partial charge in [-0.05, 0) is 36.9 Å². The predicted octanol–water partition coefficient (Wildman–Crippen LogP) is 3.31. The van der Waals surface area contributed by atoms with Gasteiger partial charge in [-0.2, -0.15) is 0 Å². The number of para-hydroxylation sites is 1. The summed E-state index contributed by atoms with van der Waals surface area (Å²) in [6, 6.07) is 9.43. The molecule has 0 aliphatic heterocycles. The molecule has 1 unspecified atom stereocenters. The second-order valence-electron chi connectivity index (χ2n) is 5.34. The van der Waals surface area contributed by atoms with Gasteiger partial charge < -0.3 is 15.4 Å². The molecule has 1 amide bonds. The Morgan fingerprint density at radius 2 is 2.14 bits per heavy atom. The number of aliphatic hydroxyl groups excluding tert-OH is 1. The van der Waals surface area contributed by atoms with E-state index in [0.29, 0.717) is 5.56 Å². The van der Waals surface area contributed by atoms with Gasteiger partial charge >= 0.3 is 0 Å². The van der Waals surface area contributed by atoms with Crippen LogP contribution in [-0.2, 0) is 0 Å². The molecule has 2 heterocycles. The van der Waals surface area contributed by atoms with Crippen LogP contribution in [0.25, 0.3) is 10.9 Å². The van der Waals surface area contributed by atoms with Crippen molar-refractivity contribution in [3.63, 3.8) is 0 Å². The molecule has 4 nitrogen and oxygen atoms in total. The number of rotatable bonds is 4. The molecule has 1 aromatic carbocycles. The average Bonchev–Trinajstić information content (AvgIpc) is 3.14. The zero-order valence-electron chi connectivity index (χ0n) is 12.5. The molecule has 0 spiro atoms. The molecule has 0 fully saturated rings. The number of aryl methyl sites for hydroxylation is 2. The number of hydrogen-bond acceptors (Lipinski definition) is 3. The maximum absolute atomic E-state index is 12.4. The van der Waals surface area contributed by atoms with E-state index >= 15 is 0 Å². The molecule has 0 bridgehead atoms. The summed E-state index contributed by atoms with van der Waals surface area (Å²) in [5.41, 5.74) is 3.67. The molecule has 3 N–H and O–H groups in total. The molecular weight excluding hydrogens is 296 g/mol. The number of thiophene rings is 1. The predicted molar refractivity (Wildman–Crippen MR) is 89.4 cm³/mol. The molecule has 3 rings (SSSR count). The Labute approximate surface area is 132 Å². The Morgan fingerprint density at radius 1 is 1.32 bits per heavy atom. The molecule has 0 saturated heterocycles. The normalized spacial score (nSPS) is 12.5. The number of aromatic amines is 1. The summed E-state index contributed by atoms with van der Waals surface area (Å²) in [7, 11) is 0. The molecule has 1 atom stereocenters. The van der Waals surface area contributed by atoms with Gasteiger partial charge in [-0.15, -0.1) is 11.3 Å². The van der Waals surface area contributed by atoms with Crippen molar-refractivity contribution in [1.29, 1.82) is 0 Å². The van der Waals surface area contributed by atoms with Gasteiger partial charge in [0, 0.05) is 22.5 Å². The van der Waals surface area contributed by atoms with Crippen LogP contribution in [0.15, 0.2) is 35.7 Å². The van der Waals surface area contributed by atoms with Gasteiger partial charge in [0.05, 0.1) is 11.1 Å². The smallest absolute Gasteiger partial charge is 0.253 e. The van der Waals surface area contributed by atoms with Crippen molar-refractivity contribution in [2.45, 2.75) is 20.0 Å². The molecular formula is C17H18N2O2S. The van der Waals surface area contributed by atoms with E-state index in [2.05, 4.69) is 10.3 Å². The van der Waals surface area contributed by atoms with Crippen LogP contribution >= 0.6 is 11.3 Å². The number of aromatic nitrogens is 1. The zero-order chi connectivity index (χ0) is 15.7. The van der Waals surface area contributed by atoms with Gasteiger partial charge in [0.2, 0.25) is 0 Å². The van der Waals surface area contributed by atoms with Crippen molar-refractivity contribution in [2.75, 3.05) is 6.54 Å². The van der Waals surface area contributed by atoms with Gasteiger partial charge in [-0.3, -0.25) is 4.79 Å². The highest BCUT2D eigenvalue weighted by atomic mass is 32.1. The number of hydrogen-bond donors (Lipinski definition) is 3. The monoisotopic (exact) mass is 314 g/mol. The van der Waals surface area contributed by atoms with Crippen LogP contribution in [0.3, 0.4) is 0 Å². The minimum atomic E-state index is -0.671. The maximum atomic E-state index is 12.4. The summed E-state index contributed by atoms with van der Waals surface area (Å²) in [4.78, 5) is 16.5. The van der Waals surface area contributed by atoms with Crippen molar-refractivity contribution in [3.8, 4) is 0 Å². The van der Waals surface area contributed by atoms with Crippen molar-refractivity contribution < 1.29 is 9.90 Å². The standard InChI is InChI=1S/C17H18N2O2S/c1-10-11(2)19-16-12(10)5-3-6-13(16)17(21)18-9-14(20)15-7-4-8-22-15/h3-8,14,19-20H,9H2,1-2H3,(H,18,21). The van der Waals surface area contributed by atoms with Crippen LogP contribution in [0.5, 0.6) is 0 Å². The van der Waals surface area contributed by atoms with Crippen LogP contribution in [0.2, 0.25) is 0 Å². The minimum absolute atomic E-state index is 0.178. The first-order valence-electron chi connectivity index (χ1n) is 7.15. The van der Waals surface area contributed by atoms with E-state index in [1.165, 1.54) is 11.3 Å². The highest BCUT2D eigenvalue weighted by Gasteiger charge is 2.15. The van der Waals surface area contributed by atoms with Crippen molar-refractivity contribution in [2.24, 2.45) is 0 Å². The largest absolute Gasteiger partial charge is 0.386 e. The first-order chi connectivity index (χ1) is 10.6. The second kappa shape index (κ2) is 5.94. The van der Waals surface area contributed by atoms with Crippen molar-refractivity contribution >= 4 is 28.1 Å².